The van der Waals surface area contributed by atoms with E-state index in [0.717, 1.165) is 18.7 Å². The molecule has 0 aromatic heterocycles. The summed E-state index contributed by atoms with van der Waals surface area (Å²) in [6, 6.07) is 17.7. The lowest BCUT2D eigenvalue weighted by molar-refractivity contribution is -0.140. The van der Waals surface area contributed by atoms with E-state index >= 15 is 0 Å². The molecule has 1 N–H and O–H groups in total. The maximum absolute atomic E-state index is 12.9. The van der Waals surface area contributed by atoms with Crippen molar-refractivity contribution in [2.45, 2.75) is 19.9 Å². The van der Waals surface area contributed by atoms with E-state index in [0.29, 0.717) is 18.7 Å². The highest BCUT2D eigenvalue weighted by Gasteiger charge is 2.45. The van der Waals surface area contributed by atoms with Gasteiger partial charge in [-0.25, -0.2) is 0 Å². The Bertz CT molecular complexity index is 858. The van der Waals surface area contributed by atoms with Crippen LogP contribution in [0.25, 0.3) is 5.76 Å². The number of rotatable bonds is 7. The Morgan fingerprint density at radius 1 is 0.964 bits per heavy atom. The van der Waals surface area contributed by atoms with Crippen LogP contribution in [0.2, 0.25) is 0 Å². The van der Waals surface area contributed by atoms with Crippen molar-refractivity contribution < 1.29 is 14.7 Å². The minimum absolute atomic E-state index is 0.127. The lowest BCUT2D eigenvalue weighted by Gasteiger charge is -2.28. The van der Waals surface area contributed by atoms with Gasteiger partial charge in [0.1, 0.15) is 5.76 Å². The molecule has 0 aliphatic carbocycles. The summed E-state index contributed by atoms with van der Waals surface area (Å²) in [7, 11) is 0. The summed E-state index contributed by atoms with van der Waals surface area (Å²) in [6.07, 6.45) is 0. The van der Waals surface area contributed by atoms with Gasteiger partial charge in [-0.15, -0.1) is 0 Å². The monoisotopic (exact) mass is 378 g/mol. The molecule has 1 unspecified atom stereocenters. The number of Topliss-reactive ketones (excluding diaryl/α,β-unsaturated/α-hetero) is 1. The number of aliphatic hydroxyl groups excluding tert-OH is 1. The van der Waals surface area contributed by atoms with Gasteiger partial charge >= 0.3 is 0 Å². The molecule has 0 bridgehead atoms. The molecule has 1 aliphatic rings. The zero-order chi connectivity index (χ0) is 20.1. The Balaban J connectivity index is 2.06. The maximum atomic E-state index is 12.9. The van der Waals surface area contributed by atoms with E-state index < -0.39 is 17.7 Å². The number of ketones is 1. The quantitative estimate of drug-likeness (QED) is 0.455. The number of nitrogens with zero attached hydrogens (tertiary/aromatic N) is 2. The van der Waals surface area contributed by atoms with E-state index in [2.05, 4.69) is 18.7 Å². The summed E-state index contributed by atoms with van der Waals surface area (Å²) >= 11 is 0. The standard InChI is InChI=1S/C23H26N2O3/c1-3-24(4-2)15-16-25-20(17-11-7-5-8-12-17)19(22(27)23(25)28)21(26)18-13-9-6-10-14-18/h5-14,20,26H,3-4,15-16H2,1-2H3/b21-19-. The van der Waals surface area contributed by atoms with Crippen LogP contribution in [0.3, 0.4) is 0 Å². The first-order valence-corrected chi connectivity index (χ1v) is 9.69. The lowest BCUT2D eigenvalue weighted by atomic mass is 9.95. The zero-order valence-electron chi connectivity index (χ0n) is 16.3. The number of aliphatic hydroxyl groups is 1. The average molecular weight is 378 g/mol. The number of carbonyl (C=O) groups excluding carboxylic acids is 2. The largest absolute Gasteiger partial charge is 0.507 e. The number of amides is 1. The van der Waals surface area contributed by atoms with Crippen LogP contribution in [0.4, 0.5) is 0 Å². The van der Waals surface area contributed by atoms with E-state index in [9.17, 15) is 14.7 Å². The van der Waals surface area contributed by atoms with Gasteiger partial charge in [0.2, 0.25) is 0 Å². The molecule has 0 radical (unpaired) electrons. The van der Waals surface area contributed by atoms with Crippen LogP contribution in [-0.4, -0.2) is 52.8 Å². The minimum atomic E-state index is -0.630. The van der Waals surface area contributed by atoms with Gasteiger partial charge < -0.3 is 14.9 Å². The van der Waals surface area contributed by atoms with Crippen LogP contribution in [0.5, 0.6) is 0 Å². The molecule has 1 aliphatic heterocycles. The average Bonchev–Trinajstić information content (AvgIpc) is 3.00. The second kappa shape index (κ2) is 8.85. The lowest BCUT2D eigenvalue weighted by Crippen LogP contribution is -2.38. The fraction of sp³-hybridized carbons (Fsp3) is 0.304. The van der Waals surface area contributed by atoms with Crippen molar-refractivity contribution in [3.63, 3.8) is 0 Å². The molecule has 0 spiro atoms. The van der Waals surface area contributed by atoms with Crippen molar-refractivity contribution in [3.8, 4) is 0 Å². The predicted molar refractivity (Wildman–Crippen MR) is 110 cm³/mol. The highest BCUT2D eigenvalue weighted by Crippen LogP contribution is 2.39. The number of likely N-dealkylation sites (tertiary alicyclic amines) is 1. The fourth-order valence-electron chi connectivity index (χ4n) is 3.63. The van der Waals surface area contributed by atoms with Gasteiger partial charge in [-0.3, -0.25) is 9.59 Å². The van der Waals surface area contributed by atoms with Gasteiger partial charge in [0, 0.05) is 18.7 Å². The molecule has 1 heterocycles. The highest BCUT2D eigenvalue weighted by molar-refractivity contribution is 6.46. The Hall–Kier alpha value is -2.92. The molecular formula is C23H26N2O3. The summed E-state index contributed by atoms with van der Waals surface area (Å²) in [5.41, 5.74) is 1.51. The second-order valence-electron chi connectivity index (χ2n) is 6.80. The van der Waals surface area contributed by atoms with E-state index in [-0.39, 0.29) is 11.3 Å². The van der Waals surface area contributed by atoms with E-state index in [4.69, 9.17) is 0 Å². The highest BCUT2D eigenvalue weighted by atomic mass is 16.3. The summed E-state index contributed by atoms with van der Waals surface area (Å²) in [5.74, 6) is -1.31. The normalized spacial score (nSPS) is 18.8. The third kappa shape index (κ3) is 3.85. The molecule has 28 heavy (non-hydrogen) atoms. The molecule has 146 valence electrons. The first-order chi connectivity index (χ1) is 13.6. The second-order valence-corrected chi connectivity index (χ2v) is 6.80. The number of carbonyl (C=O) groups is 2. The molecule has 1 atom stereocenters. The van der Waals surface area contributed by atoms with Gasteiger partial charge in [-0.05, 0) is 18.7 Å². The van der Waals surface area contributed by atoms with Crippen molar-refractivity contribution in [2.75, 3.05) is 26.2 Å². The summed E-state index contributed by atoms with van der Waals surface area (Å²) < 4.78 is 0. The SMILES string of the molecule is CCN(CC)CCN1C(=O)C(=O)/C(=C(\O)c2ccccc2)C1c1ccccc1. The van der Waals surface area contributed by atoms with Gasteiger partial charge in [-0.1, -0.05) is 74.5 Å². The molecule has 1 saturated heterocycles. The Morgan fingerprint density at radius 3 is 2.11 bits per heavy atom. The van der Waals surface area contributed by atoms with Crippen molar-refractivity contribution in [2.24, 2.45) is 0 Å². The fourth-order valence-corrected chi connectivity index (χ4v) is 3.63. The van der Waals surface area contributed by atoms with Crippen LogP contribution in [0.1, 0.15) is 31.0 Å². The molecule has 1 fully saturated rings. The molecule has 2 aromatic rings. The van der Waals surface area contributed by atoms with Crippen LogP contribution >= 0.6 is 0 Å². The zero-order valence-corrected chi connectivity index (χ0v) is 16.3. The summed E-state index contributed by atoms with van der Waals surface area (Å²) in [5, 5.41) is 10.9. The number of likely N-dealkylation sites (N-methyl/N-ethyl adjacent to an activating group) is 1. The van der Waals surface area contributed by atoms with Crippen molar-refractivity contribution in [1.29, 1.82) is 0 Å². The Morgan fingerprint density at radius 2 is 1.54 bits per heavy atom. The summed E-state index contributed by atoms with van der Waals surface area (Å²) in [4.78, 5) is 29.5. The van der Waals surface area contributed by atoms with E-state index in [1.807, 2.05) is 36.4 Å². The van der Waals surface area contributed by atoms with Gasteiger partial charge in [-0.2, -0.15) is 0 Å². The molecule has 0 saturated carbocycles. The molecule has 3 rings (SSSR count). The Kier molecular flexibility index (Phi) is 6.26. The minimum Gasteiger partial charge on any atom is -0.507 e. The third-order valence-electron chi connectivity index (χ3n) is 5.25. The third-order valence-corrected chi connectivity index (χ3v) is 5.25. The molecule has 1 amide bonds. The van der Waals surface area contributed by atoms with Gasteiger partial charge in [0.25, 0.3) is 11.7 Å². The first-order valence-electron chi connectivity index (χ1n) is 9.69. The Labute approximate surface area is 165 Å². The van der Waals surface area contributed by atoms with Crippen LogP contribution in [-0.2, 0) is 9.59 Å². The number of hydrogen-bond donors (Lipinski definition) is 1. The van der Waals surface area contributed by atoms with Gasteiger partial charge in [0.15, 0.2) is 0 Å². The van der Waals surface area contributed by atoms with Crippen LogP contribution < -0.4 is 0 Å². The number of hydrogen-bond acceptors (Lipinski definition) is 4. The predicted octanol–water partition coefficient (Wildman–Crippen LogP) is 3.45. The molecule has 2 aromatic carbocycles. The van der Waals surface area contributed by atoms with Crippen molar-refractivity contribution in [1.82, 2.24) is 9.80 Å². The van der Waals surface area contributed by atoms with Crippen LogP contribution in [0, 0.1) is 0 Å². The molecule has 5 nitrogen and oxygen atoms in total. The van der Waals surface area contributed by atoms with E-state index in [1.165, 1.54) is 0 Å². The van der Waals surface area contributed by atoms with Crippen molar-refractivity contribution >= 4 is 17.4 Å². The van der Waals surface area contributed by atoms with Crippen LogP contribution in [0.15, 0.2) is 66.2 Å². The van der Waals surface area contributed by atoms with E-state index in [1.54, 1.807) is 29.2 Å². The number of benzene rings is 2. The topological polar surface area (TPSA) is 60.9 Å². The van der Waals surface area contributed by atoms with Gasteiger partial charge in [0.05, 0.1) is 11.6 Å². The van der Waals surface area contributed by atoms with Crippen molar-refractivity contribution in [3.05, 3.63) is 77.4 Å². The first kappa shape index (κ1) is 19.8. The maximum Gasteiger partial charge on any atom is 0.295 e. The molecular weight excluding hydrogens is 352 g/mol. The summed E-state index contributed by atoms with van der Waals surface area (Å²) in [6.45, 7) is 7.00. The molecule has 5 heteroatoms. The smallest absolute Gasteiger partial charge is 0.295 e.